The van der Waals surface area contributed by atoms with Crippen molar-refractivity contribution in [3.8, 4) is 0 Å². The van der Waals surface area contributed by atoms with Crippen LogP contribution in [-0.4, -0.2) is 18.9 Å². The Morgan fingerprint density at radius 2 is 2.00 bits per heavy atom. The van der Waals surface area contributed by atoms with E-state index in [9.17, 15) is 4.79 Å². The number of unbranched alkanes of at least 4 members (excludes halogenated alkanes) is 1. The maximum absolute atomic E-state index is 10.3. The van der Waals surface area contributed by atoms with E-state index in [-0.39, 0.29) is 5.78 Å². The Balaban J connectivity index is 0.000000321. The largest absolute Gasteiger partial charge is 0.310 e. The molecule has 1 N–H and O–H groups in total. The highest BCUT2D eigenvalue weighted by Crippen LogP contribution is 2.19. The van der Waals surface area contributed by atoms with Crippen molar-refractivity contribution in [1.82, 2.24) is 5.32 Å². The summed E-state index contributed by atoms with van der Waals surface area (Å²) < 4.78 is 0. The van der Waals surface area contributed by atoms with E-state index < -0.39 is 0 Å². The monoisotopic (exact) mass is 289 g/mol. The van der Waals surface area contributed by atoms with Crippen LogP contribution in [0.3, 0.4) is 0 Å². The van der Waals surface area contributed by atoms with Crippen LogP contribution in [0.1, 0.15) is 32.3 Å². The summed E-state index contributed by atoms with van der Waals surface area (Å²) in [6, 6.07) is 5.45. The summed E-state index contributed by atoms with van der Waals surface area (Å²) in [4.78, 5) is 10.3. The van der Waals surface area contributed by atoms with Gasteiger partial charge in [0.2, 0.25) is 0 Å². The molecule has 0 aliphatic heterocycles. The van der Waals surface area contributed by atoms with Crippen LogP contribution < -0.4 is 5.32 Å². The number of aryl methyl sites for hydroxylation is 1. The minimum atomic E-state index is 0.214. The highest BCUT2D eigenvalue weighted by atomic mass is 35.5. The molecule has 0 heterocycles. The highest BCUT2D eigenvalue weighted by molar-refractivity contribution is 6.35. The lowest BCUT2D eigenvalue weighted by Gasteiger charge is -1.97. The van der Waals surface area contributed by atoms with E-state index in [2.05, 4.69) is 12.2 Å². The van der Waals surface area contributed by atoms with Crippen molar-refractivity contribution in [3.05, 3.63) is 33.8 Å². The fraction of sp³-hybridized carbons (Fsp3) is 0.500. The molecular formula is C14H21Cl2NO. The summed E-state index contributed by atoms with van der Waals surface area (Å²) in [6.45, 7) is 7.17. The van der Waals surface area contributed by atoms with Crippen LogP contribution in [0.15, 0.2) is 18.2 Å². The molecule has 0 amide bonds. The average Bonchev–Trinajstić information content (AvgIpc) is 2.31. The van der Waals surface area contributed by atoms with E-state index in [1.54, 1.807) is 13.0 Å². The lowest BCUT2D eigenvalue weighted by molar-refractivity contribution is -0.116. The molecule has 4 heteroatoms. The van der Waals surface area contributed by atoms with Crippen LogP contribution in [-0.2, 0) is 4.79 Å². The van der Waals surface area contributed by atoms with Gasteiger partial charge in [-0.15, -0.1) is 0 Å². The number of carbonyl (C=O) groups excluding carboxylic acids is 1. The van der Waals surface area contributed by atoms with E-state index in [0.717, 1.165) is 23.6 Å². The molecule has 0 unspecified atom stereocenters. The molecule has 2 nitrogen and oxygen atoms in total. The van der Waals surface area contributed by atoms with Gasteiger partial charge >= 0.3 is 0 Å². The number of hydrogen-bond acceptors (Lipinski definition) is 2. The number of halogens is 2. The van der Waals surface area contributed by atoms with E-state index in [1.807, 2.05) is 19.1 Å². The third-order valence-electron chi connectivity index (χ3n) is 2.21. The molecule has 0 saturated carbocycles. The topological polar surface area (TPSA) is 29.1 Å². The third kappa shape index (κ3) is 9.46. The Morgan fingerprint density at radius 3 is 2.44 bits per heavy atom. The van der Waals surface area contributed by atoms with Crippen molar-refractivity contribution >= 4 is 29.0 Å². The van der Waals surface area contributed by atoms with Crippen molar-refractivity contribution in [1.29, 1.82) is 0 Å². The predicted octanol–water partition coefficient (Wildman–Crippen LogP) is 4.27. The van der Waals surface area contributed by atoms with Crippen molar-refractivity contribution in [2.75, 3.05) is 13.1 Å². The summed E-state index contributed by atoms with van der Waals surface area (Å²) in [5.41, 5.74) is 1.06. The van der Waals surface area contributed by atoms with E-state index in [4.69, 9.17) is 23.2 Å². The summed E-state index contributed by atoms with van der Waals surface area (Å²) in [5.74, 6) is 0.214. The van der Waals surface area contributed by atoms with Gasteiger partial charge in [-0.3, -0.25) is 4.79 Å². The first-order chi connectivity index (χ1) is 8.47. The SMILES string of the molecule is CCCCNCC(C)=O.Cc1ccc(Cl)cc1Cl. The number of Topliss-reactive ketones (excluding diaryl/α,β-unsaturated/α-hetero) is 1. The molecule has 0 spiro atoms. The molecule has 1 aromatic carbocycles. The van der Waals surface area contributed by atoms with Crippen molar-refractivity contribution in [2.45, 2.75) is 33.6 Å². The number of ketones is 1. The quantitative estimate of drug-likeness (QED) is 0.821. The second-order valence-electron chi connectivity index (χ2n) is 4.13. The molecule has 0 fully saturated rings. The Labute approximate surface area is 120 Å². The van der Waals surface area contributed by atoms with Gasteiger partial charge in [-0.05, 0) is 44.5 Å². The number of rotatable bonds is 5. The van der Waals surface area contributed by atoms with Crippen molar-refractivity contribution < 1.29 is 4.79 Å². The van der Waals surface area contributed by atoms with Crippen LogP contribution in [0.4, 0.5) is 0 Å². The second kappa shape index (κ2) is 10.4. The predicted molar refractivity (Wildman–Crippen MR) is 79.7 cm³/mol. The van der Waals surface area contributed by atoms with Gasteiger partial charge in [0.1, 0.15) is 5.78 Å². The summed E-state index contributed by atoms with van der Waals surface area (Å²) in [5, 5.41) is 4.45. The molecule has 0 atom stereocenters. The molecule has 1 rings (SSSR count). The lowest BCUT2D eigenvalue weighted by atomic mass is 10.2. The molecular weight excluding hydrogens is 269 g/mol. The first-order valence-corrected chi connectivity index (χ1v) is 6.84. The molecule has 0 aliphatic carbocycles. The number of carbonyl (C=O) groups is 1. The standard InChI is InChI=1S/C7H6Cl2.C7H15NO/c1-5-2-3-6(8)4-7(5)9;1-3-4-5-8-6-7(2)9/h2-4H,1H3;8H,3-6H2,1-2H3. The highest BCUT2D eigenvalue weighted by Gasteiger charge is 1.92. The Hall–Kier alpha value is -0.570. The maximum atomic E-state index is 10.3. The summed E-state index contributed by atoms with van der Waals surface area (Å²) >= 11 is 11.4. The van der Waals surface area contributed by atoms with Gasteiger partial charge in [0.25, 0.3) is 0 Å². The molecule has 102 valence electrons. The zero-order valence-electron chi connectivity index (χ0n) is 11.2. The number of nitrogens with one attached hydrogen (secondary N) is 1. The second-order valence-corrected chi connectivity index (χ2v) is 4.97. The van der Waals surface area contributed by atoms with Gasteiger partial charge in [-0.2, -0.15) is 0 Å². The van der Waals surface area contributed by atoms with E-state index >= 15 is 0 Å². The Morgan fingerprint density at radius 1 is 1.33 bits per heavy atom. The van der Waals surface area contributed by atoms with Crippen LogP contribution in [0.2, 0.25) is 10.0 Å². The Kier molecular flexibility index (Phi) is 10.0. The van der Waals surface area contributed by atoms with Crippen LogP contribution in [0.5, 0.6) is 0 Å². The maximum Gasteiger partial charge on any atom is 0.143 e. The average molecular weight is 290 g/mol. The summed E-state index contributed by atoms with van der Waals surface area (Å²) in [7, 11) is 0. The Bertz CT molecular complexity index is 367. The van der Waals surface area contributed by atoms with E-state index in [1.165, 1.54) is 6.42 Å². The van der Waals surface area contributed by atoms with E-state index in [0.29, 0.717) is 11.6 Å². The first kappa shape index (κ1) is 17.4. The molecule has 0 bridgehead atoms. The van der Waals surface area contributed by atoms with Crippen LogP contribution >= 0.6 is 23.2 Å². The van der Waals surface area contributed by atoms with Gasteiger partial charge in [0.05, 0.1) is 6.54 Å². The lowest BCUT2D eigenvalue weighted by Crippen LogP contribution is -2.21. The number of hydrogen-bond donors (Lipinski definition) is 1. The molecule has 18 heavy (non-hydrogen) atoms. The first-order valence-electron chi connectivity index (χ1n) is 6.09. The normalized spacial score (nSPS) is 9.61. The van der Waals surface area contributed by atoms with Crippen molar-refractivity contribution in [3.63, 3.8) is 0 Å². The molecule has 0 aromatic heterocycles. The zero-order valence-corrected chi connectivity index (χ0v) is 12.7. The molecule has 0 aliphatic rings. The molecule has 0 radical (unpaired) electrons. The smallest absolute Gasteiger partial charge is 0.143 e. The van der Waals surface area contributed by atoms with Gasteiger partial charge in [-0.25, -0.2) is 0 Å². The van der Waals surface area contributed by atoms with Crippen LogP contribution in [0.25, 0.3) is 0 Å². The zero-order chi connectivity index (χ0) is 14.0. The van der Waals surface area contributed by atoms with Gasteiger partial charge in [0.15, 0.2) is 0 Å². The number of benzene rings is 1. The third-order valence-corrected chi connectivity index (χ3v) is 2.86. The van der Waals surface area contributed by atoms with Gasteiger partial charge in [0, 0.05) is 10.0 Å². The fourth-order valence-corrected chi connectivity index (χ4v) is 1.54. The minimum Gasteiger partial charge on any atom is -0.310 e. The minimum absolute atomic E-state index is 0.214. The van der Waals surface area contributed by atoms with Gasteiger partial charge in [-0.1, -0.05) is 42.6 Å². The van der Waals surface area contributed by atoms with Crippen LogP contribution in [0, 0.1) is 6.92 Å². The fourth-order valence-electron chi connectivity index (χ4n) is 1.13. The summed E-state index contributed by atoms with van der Waals surface area (Å²) in [6.07, 6.45) is 2.35. The van der Waals surface area contributed by atoms with Gasteiger partial charge < -0.3 is 5.32 Å². The molecule has 0 saturated heterocycles. The molecule has 1 aromatic rings. The van der Waals surface area contributed by atoms with Crippen molar-refractivity contribution in [2.24, 2.45) is 0 Å².